The molecule has 0 N–H and O–H groups in total. The molecule has 23 heavy (non-hydrogen) atoms. The summed E-state index contributed by atoms with van der Waals surface area (Å²) >= 11 is 0. The van der Waals surface area contributed by atoms with Crippen LogP contribution in [0.1, 0.15) is 11.1 Å². The van der Waals surface area contributed by atoms with Gasteiger partial charge >= 0.3 is 0 Å². The van der Waals surface area contributed by atoms with Gasteiger partial charge in [-0.3, -0.25) is 4.31 Å². The van der Waals surface area contributed by atoms with E-state index in [-0.39, 0.29) is 12.3 Å². The molecule has 0 fully saturated rings. The number of hydrogen-bond donors (Lipinski definition) is 0. The van der Waals surface area contributed by atoms with Crippen LogP contribution >= 0.6 is 0 Å². The number of aryl methyl sites for hydroxylation is 1. The van der Waals surface area contributed by atoms with Gasteiger partial charge in [0.25, 0.3) is 0 Å². The second-order valence-corrected chi connectivity index (χ2v) is 7.09. The molecule has 0 unspecified atom stereocenters. The Kier molecular flexibility index (Phi) is 5.45. The highest BCUT2D eigenvalue weighted by Gasteiger charge is 2.22. The van der Waals surface area contributed by atoms with Gasteiger partial charge in [-0.1, -0.05) is 30.3 Å². The first kappa shape index (κ1) is 17.1. The Morgan fingerprint density at radius 1 is 1.13 bits per heavy atom. The Morgan fingerprint density at radius 2 is 1.78 bits per heavy atom. The highest BCUT2D eigenvalue weighted by molar-refractivity contribution is 7.92. The first-order valence-electron chi connectivity index (χ1n) is 7.28. The number of benzene rings is 2. The van der Waals surface area contributed by atoms with Gasteiger partial charge in [0.2, 0.25) is 10.0 Å². The molecule has 122 valence electrons. The van der Waals surface area contributed by atoms with Gasteiger partial charge < -0.3 is 4.74 Å². The van der Waals surface area contributed by atoms with Crippen LogP contribution in [0.3, 0.4) is 0 Å². The second kappa shape index (κ2) is 7.33. The van der Waals surface area contributed by atoms with Crippen LogP contribution in [0, 0.1) is 6.92 Å². The summed E-state index contributed by atoms with van der Waals surface area (Å²) in [6.07, 6.45) is 1.58. The lowest BCUT2D eigenvalue weighted by Crippen LogP contribution is -2.32. The zero-order valence-corrected chi connectivity index (χ0v) is 14.2. The molecule has 4 nitrogen and oxygen atoms in total. The van der Waals surface area contributed by atoms with Gasteiger partial charge in [0.05, 0.1) is 25.1 Å². The minimum absolute atomic E-state index is 0.0421. The number of rotatable bonds is 7. The molecule has 2 rings (SSSR count). The van der Waals surface area contributed by atoms with Crippen molar-refractivity contribution < 1.29 is 13.2 Å². The molecule has 2 aromatic rings. The molecule has 0 saturated heterocycles. The SMILES string of the molecule is C=CCN(c1ccc(OC)cc1)S(=O)(=O)Cc1ccccc1C. The van der Waals surface area contributed by atoms with Crippen LogP contribution in [0.5, 0.6) is 5.75 Å². The van der Waals surface area contributed by atoms with Crippen LogP contribution in [0.4, 0.5) is 5.69 Å². The lowest BCUT2D eigenvalue weighted by Gasteiger charge is -2.23. The Morgan fingerprint density at radius 3 is 2.35 bits per heavy atom. The molecule has 5 heteroatoms. The molecule has 0 aliphatic carbocycles. The van der Waals surface area contributed by atoms with E-state index in [1.165, 1.54) is 4.31 Å². The van der Waals surface area contributed by atoms with Gasteiger partial charge in [-0.15, -0.1) is 6.58 Å². The molecule has 0 saturated carbocycles. The van der Waals surface area contributed by atoms with Crippen molar-refractivity contribution in [3.8, 4) is 5.75 Å². The number of hydrogen-bond acceptors (Lipinski definition) is 3. The Bertz CT molecular complexity index is 767. The molecule has 0 aliphatic heterocycles. The third-order valence-corrected chi connectivity index (χ3v) is 5.30. The molecule has 0 amide bonds. The second-order valence-electron chi connectivity index (χ2n) is 5.20. The van der Waals surface area contributed by atoms with Crippen molar-refractivity contribution in [2.45, 2.75) is 12.7 Å². The van der Waals surface area contributed by atoms with Crippen molar-refractivity contribution >= 4 is 15.7 Å². The summed E-state index contributed by atoms with van der Waals surface area (Å²) in [4.78, 5) is 0. The summed E-state index contributed by atoms with van der Waals surface area (Å²) in [5.41, 5.74) is 2.36. The standard InChI is InChI=1S/C18H21NO3S/c1-4-13-19(17-9-11-18(22-3)12-10-17)23(20,21)14-16-8-6-5-7-15(16)2/h4-12H,1,13-14H2,2-3H3. The van der Waals surface area contributed by atoms with E-state index in [1.807, 2.05) is 31.2 Å². The third-order valence-electron chi connectivity index (χ3n) is 3.59. The maximum Gasteiger partial charge on any atom is 0.239 e. The molecule has 2 aromatic carbocycles. The predicted octanol–water partition coefficient (Wildman–Crippen LogP) is 3.53. The summed E-state index contributed by atoms with van der Waals surface area (Å²) < 4.78 is 32.2. The van der Waals surface area contributed by atoms with E-state index in [9.17, 15) is 8.42 Å². The highest BCUT2D eigenvalue weighted by Crippen LogP contribution is 2.24. The maximum atomic E-state index is 12.8. The van der Waals surface area contributed by atoms with E-state index < -0.39 is 10.0 Å². The average Bonchev–Trinajstić information content (AvgIpc) is 2.54. The summed E-state index contributed by atoms with van der Waals surface area (Å²) in [6, 6.07) is 14.5. The van der Waals surface area contributed by atoms with Crippen molar-refractivity contribution in [1.82, 2.24) is 0 Å². The lowest BCUT2D eigenvalue weighted by molar-refractivity contribution is 0.415. The quantitative estimate of drug-likeness (QED) is 0.729. The fourth-order valence-electron chi connectivity index (χ4n) is 2.29. The van der Waals surface area contributed by atoms with Crippen LogP contribution in [-0.2, 0) is 15.8 Å². The Labute approximate surface area is 138 Å². The van der Waals surface area contributed by atoms with Crippen LogP contribution in [0.25, 0.3) is 0 Å². The van der Waals surface area contributed by atoms with Crippen LogP contribution in [0.15, 0.2) is 61.2 Å². The van der Waals surface area contributed by atoms with E-state index >= 15 is 0 Å². The van der Waals surface area contributed by atoms with Crippen LogP contribution < -0.4 is 9.04 Å². The molecule has 0 heterocycles. The minimum atomic E-state index is -3.51. The summed E-state index contributed by atoms with van der Waals surface area (Å²) in [5.74, 6) is 0.642. The van der Waals surface area contributed by atoms with Crippen molar-refractivity contribution in [1.29, 1.82) is 0 Å². The van der Waals surface area contributed by atoms with Crippen molar-refractivity contribution in [2.75, 3.05) is 18.0 Å². The van der Waals surface area contributed by atoms with Gasteiger partial charge in [-0.2, -0.15) is 0 Å². The molecular formula is C18H21NO3S. The topological polar surface area (TPSA) is 46.6 Å². The van der Waals surface area contributed by atoms with Gasteiger partial charge in [0.1, 0.15) is 5.75 Å². The normalized spacial score (nSPS) is 11.0. The molecule has 0 aromatic heterocycles. The number of sulfonamides is 1. The molecule has 0 atom stereocenters. The Balaban J connectivity index is 2.34. The fourth-order valence-corrected chi connectivity index (χ4v) is 3.94. The van der Waals surface area contributed by atoms with E-state index in [4.69, 9.17) is 4.74 Å². The summed E-state index contributed by atoms with van der Waals surface area (Å²) in [6.45, 7) is 5.80. The number of anilines is 1. The summed E-state index contributed by atoms with van der Waals surface area (Å²) in [7, 11) is -1.94. The molecular weight excluding hydrogens is 310 g/mol. The van der Waals surface area contributed by atoms with Crippen molar-refractivity contribution in [2.24, 2.45) is 0 Å². The van der Waals surface area contributed by atoms with Gasteiger partial charge in [-0.25, -0.2) is 8.42 Å². The number of ether oxygens (including phenoxy) is 1. The predicted molar refractivity (Wildman–Crippen MR) is 94.3 cm³/mol. The van der Waals surface area contributed by atoms with Crippen LogP contribution in [-0.4, -0.2) is 22.1 Å². The number of methoxy groups -OCH3 is 1. The summed E-state index contributed by atoms with van der Waals surface area (Å²) in [5, 5.41) is 0. The van der Waals surface area contributed by atoms with Gasteiger partial charge in [-0.05, 0) is 42.3 Å². The monoisotopic (exact) mass is 331 g/mol. The Hall–Kier alpha value is -2.27. The lowest BCUT2D eigenvalue weighted by atomic mass is 10.1. The molecule has 0 spiro atoms. The van der Waals surface area contributed by atoms with Crippen LogP contribution in [0.2, 0.25) is 0 Å². The minimum Gasteiger partial charge on any atom is -0.497 e. The largest absolute Gasteiger partial charge is 0.497 e. The van der Waals surface area contributed by atoms with Crippen molar-refractivity contribution in [3.05, 3.63) is 72.3 Å². The maximum absolute atomic E-state index is 12.8. The zero-order chi connectivity index (χ0) is 16.9. The van der Waals surface area contributed by atoms with Gasteiger partial charge in [0.15, 0.2) is 0 Å². The fraction of sp³-hybridized carbons (Fsp3) is 0.222. The number of nitrogens with zero attached hydrogens (tertiary/aromatic N) is 1. The van der Waals surface area contributed by atoms with E-state index in [2.05, 4.69) is 6.58 Å². The average molecular weight is 331 g/mol. The molecule has 0 bridgehead atoms. The third kappa shape index (κ3) is 4.13. The van der Waals surface area contributed by atoms with Gasteiger partial charge in [0, 0.05) is 0 Å². The zero-order valence-electron chi connectivity index (χ0n) is 13.4. The highest BCUT2D eigenvalue weighted by atomic mass is 32.2. The van der Waals surface area contributed by atoms with Crippen molar-refractivity contribution in [3.63, 3.8) is 0 Å². The molecule has 0 aliphatic rings. The molecule has 0 radical (unpaired) electrons. The smallest absolute Gasteiger partial charge is 0.239 e. The first-order valence-corrected chi connectivity index (χ1v) is 8.88. The van der Waals surface area contributed by atoms with E-state index in [0.717, 1.165) is 11.1 Å². The van der Waals surface area contributed by atoms with E-state index in [1.54, 1.807) is 37.5 Å². The first-order chi connectivity index (χ1) is 11.0. The van der Waals surface area contributed by atoms with E-state index in [0.29, 0.717) is 11.4 Å².